The minimum Gasteiger partial charge on any atom is -0.0625 e. The van der Waals surface area contributed by atoms with Crippen LogP contribution in [0.15, 0.2) is 170 Å². The molecule has 0 amide bonds. The van der Waals surface area contributed by atoms with Crippen LogP contribution in [0.2, 0.25) is 0 Å². The summed E-state index contributed by atoms with van der Waals surface area (Å²) in [7, 11) is 0. The average Bonchev–Trinajstić information content (AvgIpc) is 3.59. The third-order valence-corrected chi connectivity index (χ3v) is 17.9. The zero-order valence-corrected chi connectivity index (χ0v) is 60.1. The van der Waals surface area contributed by atoms with Gasteiger partial charge in [0.15, 0.2) is 0 Å². The number of hydrogen-bond acceptors (Lipinski definition) is 0. The summed E-state index contributed by atoms with van der Waals surface area (Å²) in [6.07, 6.45) is 5.89. The zero-order valence-electron chi connectivity index (χ0n) is 60.1. The molecule has 468 valence electrons. The molecule has 0 unspecified atom stereocenters. The molecule has 1 aliphatic rings. The van der Waals surface area contributed by atoms with Crippen LogP contribution in [0.4, 0.5) is 0 Å². The van der Waals surface area contributed by atoms with Gasteiger partial charge in [0, 0.05) is 0 Å². The van der Waals surface area contributed by atoms with Crippen LogP contribution in [-0.4, -0.2) is 0 Å². The lowest BCUT2D eigenvalue weighted by Gasteiger charge is -2.22. The van der Waals surface area contributed by atoms with Gasteiger partial charge in [-0.3, -0.25) is 0 Å². The molecule has 0 bridgehead atoms. The van der Waals surface area contributed by atoms with Gasteiger partial charge in [0.2, 0.25) is 0 Å². The van der Waals surface area contributed by atoms with Crippen molar-refractivity contribution in [2.24, 2.45) is 11.8 Å². The molecule has 1 fully saturated rings. The first-order valence-electron chi connectivity index (χ1n) is 32.5. The monoisotopic (exact) mass is 1170 g/mol. The summed E-state index contributed by atoms with van der Waals surface area (Å²) < 4.78 is 0. The number of aryl methyl sites for hydroxylation is 20. The van der Waals surface area contributed by atoms with Crippen molar-refractivity contribution < 1.29 is 0 Å². The molecule has 10 aromatic rings. The van der Waals surface area contributed by atoms with E-state index in [2.05, 4.69) is 350 Å². The average molecular weight is 1170 g/mol. The quantitative estimate of drug-likeness (QED) is 0.142. The minimum atomic E-state index is 1.02. The molecule has 0 aliphatic heterocycles. The number of rotatable bonds is 0. The molecule has 11 rings (SSSR count). The highest BCUT2D eigenvalue weighted by molar-refractivity contribution is 5.86. The Morgan fingerprint density at radius 2 is 0.455 bits per heavy atom. The van der Waals surface area contributed by atoms with Crippen molar-refractivity contribution >= 4 is 21.5 Å². The van der Waals surface area contributed by atoms with Gasteiger partial charge in [-0.15, -0.1) is 0 Å². The molecule has 0 N–H and O–H groups in total. The normalized spacial score (nSPS) is 12.7. The Morgan fingerprint density at radius 1 is 0.193 bits per heavy atom. The van der Waals surface area contributed by atoms with E-state index in [1.807, 2.05) is 0 Å². The zero-order chi connectivity index (χ0) is 65.9. The minimum absolute atomic E-state index is 1.02. The maximum atomic E-state index is 2.37. The topological polar surface area (TPSA) is 0 Å². The van der Waals surface area contributed by atoms with Gasteiger partial charge >= 0.3 is 0 Å². The first kappa shape index (κ1) is 75.0. The predicted octanol–water partition coefficient (Wildman–Crippen LogP) is 26.0. The number of benzene rings is 10. The second kappa shape index (κ2) is 37.5. The lowest BCUT2D eigenvalue weighted by atomic mass is 9.84. The van der Waals surface area contributed by atoms with Gasteiger partial charge in [0.05, 0.1) is 0 Å². The molecule has 0 heteroatoms. The van der Waals surface area contributed by atoms with E-state index in [0.29, 0.717) is 0 Å². The van der Waals surface area contributed by atoms with E-state index in [-0.39, 0.29) is 0 Å². The van der Waals surface area contributed by atoms with Crippen molar-refractivity contribution in [2.45, 2.75) is 206 Å². The van der Waals surface area contributed by atoms with E-state index in [1.165, 1.54) is 181 Å². The van der Waals surface area contributed by atoms with Gasteiger partial charge in [0.1, 0.15) is 0 Å². The van der Waals surface area contributed by atoms with Crippen LogP contribution >= 0.6 is 0 Å². The van der Waals surface area contributed by atoms with Crippen molar-refractivity contribution in [1.29, 1.82) is 0 Å². The molecule has 1 saturated carbocycles. The van der Waals surface area contributed by atoms with Gasteiger partial charge in [-0.05, 0) is 289 Å². The van der Waals surface area contributed by atoms with Crippen molar-refractivity contribution in [2.75, 3.05) is 0 Å². The molecule has 0 atom stereocenters. The molecular formula is C88H116. The first-order valence-corrected chi connectivity index (χ1v) is 32.5. The summed E-state index contributed by atoms with van der Waals surface area (Å²) in [6.45, 7) is 56.2. The molecule has 0 aromatic heterocycles. The number of hydrogen-bond donors (Lipinski definition) is 0. The molecule has 0 spiro atoms. The van der Waals surface area contributed by atoms with Gasteiger partial charge in [0.25, 0.3) is 0 Å². The van der Waals surface area contributed by atoms with E-state index in [9.17, 15) is 0 Å². The van der Waals surface area contributed by atoms with Crippen LogP contribution in [0.1, 0.15) is 173 Å². The summed E-state index contributed by atoms with van der Waals surface area (Å²) in [5.74, 6) is 2.04. The Morgan fingerprint density at radius 3 is 0.795 bits per heavy atom. The Labute approximate surface area is 539 Å². The Bertz CT molecular complexity index is 3480. The summed E-state index contributed by atoms with van der Waals surface area (Å²) in [6, 6.07) is 60.7. The Balaban J connectivity index is 0.000000260. The number of fused-ring (bicyclic) bond motifs is 2. The fraction of sp³-hybridized carbons (Fsp3) is 0.364. The highest BCUT2D eigenvalue weighted by atomic mass is 14.2. The third kappa shape index (κ3) is 26.6. The summed E-state index contributed by atoms with van der Waals surface area (Å²) in [5.41, 5.74) is 33.1. The highest BCUT2D eigenvalue weighted by Gasteiger charge is 2.13. The fourth-order valence-electron chi connectivity index (χ4n) is 10.5. The maximum Gasteiger partial charge on any atom is -0.0152 e. The first-order chi connectivity index (χ1) is 41.4. The van der Waals surface area contributed by atoms with Gasteiger partial charge in [-0.1, -0.05) is 254 Å². The van der Waals surface area contributed by atoms with Gasteiger partial charge in [-0.2, -0.15) is 0 Å². The fourth-order valence-corrected chi connectivity index (χ4v) is 10.5. The Hall–Kier alpha value is -7.28. The standard InChI is InChI=1S/2C12H12.3C10H14.2C9H12.C8H16.C8H10/c1-9-3-5-12-8-10(2)4-6-11(12)7-9;1-9-7-8-11-5-3-4-6-12(11)10(9)2;2*1-7-5-8(2)10(4)9(3)6-7;1-7-5-6-8(2)10(4)9(7)3;2*1-7-4-5-8(2)9(3)6-7;2*1-7-3-5-8(2)6-4-7/h2*3-8H,1-2H3;3*5-6H,1-4H3;2*4-6H,1-3H3;7-8H,3-6H2,1-2H3;3-6H,1-2H3. The van der Waals surface area contributed by atoms with E-state index in [0.717, 1.165) is 11.8 Å². The van der Waals surface area contributed by atoms with Gasteiger partial charge < -0.3 is 0 Å². The summed E-state index contributed by atoms with van der Waals surface area (Å²) in [4.78, 5) is 0. The molecule has 0 nitrogen and oxygen atoms in total. The molecule has 88 heavy (non-hydrogen) atoms. The van der Waals surface area contributed by atoms with Crippen LogP contribution < -0.4 is 0 Å². The van der Waals surface area contributed by atoms with Crippen LogP contribution in [0.3, 0.4) is 0 Å². The molecule has 10 aromatic carbocycles. The lowest BCUT2D eigenvalue weighted by Crippen LogP contribution is -2.08. The van der Waals surface area contributed by atoms with Crippen LogP contribution in [0, 0.1) is 178 Å². The third-order valence-electron chi connectivity index (χ3n) is 17.9. The van der Waals surface area contributed by atoms with Gasteiger partial charge in [-0.25, -0.2) is 0 Å². The van der Waals surface area contributed by atoms with Crippen molar-refractivity contribution in [3.05, 3.63) is 303 Å². The predicted molar refractivity (Wildman–Crippen MR) is 397 cm³/mol. The maximum absolute atomic E-state index is 2.37. The van der Waals surface area contributed by atoms with Crippen molar-refractivity contribution in [3.63, 3.8) is 0 Å². The smallest absolute Gasteiger partial charge is 0.0152 e. The lowest BCUT2D eigenvalue weighted by molar-refractivity contribution is 0.308. The molecule has 1 aliphatic carbocycles. The second-order valence-electron chi connectivity index (χ2n) is 26.3. The second-order valence-corrected chi connectivity index (χ2v) is 26.3. The Kier molecular flexibility index (Phi) is 32.0. The van der Waals surface area contributed by atoms with Crippen molar-refractivity contribution in [1.82, 2.24) is 0 Å². The van der Waals surface area contributed by atoms with Crippen LogP contribution in [0.25, 0.3) is 21.5 Å². The largest absolute Gasteiger partial charge is 0.0625 e. The molecule has 0 saturated heterocycles. The van der Waals surface area contributed by atoms with Crippen molar-refractivity contribution in [3.8, 4) is 0 Å². The van der Waals surface area contributed by atoms with Crippen LogP contribution in [-0.2, 0) is 0 Å². The molecular weight excluding hydrogens is 1060 g/mol. The van der Waals surface area contributed by atoms with E-state index < -0.39 is 0 Å². The highest BCUT2D eigenvalue weighted by Crippen LogP contribution is 2.27. The summed E-state index contributed by atoms with van der Waals surface area (Å²) >= 11 is 0. The summed E-state index contributed by atoms with van der Waals surface area (Å²) in [5, 5.41) is 5.37. The van der Waals surface area contributed by atoms with E-state index in [4.69, 9.17) is 0 Å². The van der Waals surface area contributed by atoms with E-state index in [1.54, 1.807) is 0 Å². The molecule has 0 radical (unpaired) electrons. The SMILES string of the molecule is CC1CCC(C)CC1.Cc1cc(C)c(C)c(C)c1.Cc1cc(C)c(C)c(C)c1.Cc1ccc(C)c(C)c1.Cc1ccc(C)c(C)c1.Cc1ccc(C)c(C)c1C.Cc1ccc(C)cc1.Cc1ccc2cc(C)ccc2c1.Cc1ccc2ccccc2c1C. The molecule has 0 heterocycles. The van der Waals surface area contributed by atoms with E-state index >= 15 is 0 Å². The van der Waals surface area contributed by atoms with Crippen LogP contribution in [0.5, 0.6) is 0 Å².